The zero-order chi connectivity index (χ0) is 12.5. The Balaban J connectivity index is 1.68. The molecule has 2 saturated carbocycles. The Morgan fingerprint density at radius 1 is 1.06 bits per heavy atom. The average Bonchev–Trinajstić information content (AvgIpc) is 3.23. The second kappa shape index (κ2) is 4.93. The minimum Gasteiger partial charge on any atom is -0.399 e. The number of hydrogen-bond acceptors (Lipinski definition) is 2. The zero-order valence-electron chi connectivity index (χ0n) is 11.3. The van der Waals surface area contributed by atoms with Crippen LogP contribution < -0.4 is 5.73 Å². The molecule has 18 heavy (non-hydrogen) atoms. The molecule has 98 valence electrons. The first-order chi connectivity index (χ1) is 8.72. The molecule has 0 heterocycles. The molecule has 2 nitrogen and oxygen atoms in total. The van der Waals surface area contributed by atoms with Crippen LogP contribution in [0.25, 0.3) is 0 Å². The molecule has 3 rings (SSSR count). The van der Waals surface area contributed by atoms with Crippen LogP contribution in [0.1, 0.15) is 44.2 Å². The van der Waals surface area contributed by atoms with Crippen LogP contribution in [-0.4, -0.2) is 18.0 Å². The van der Waals surface area contributed by atoms with E-state index in [1.54, 1.807) is 0 Å². The Bertz CT molecular complexity index is 376. The van der Waals surface area contributed by atoms with E-state index < -0.39 is 0 Å². The molecule has 2 N–H and O–H groups in total. The molecule has 0 aromatic heterocycles. The number of rotatable bonds is 6. The van der Waals surface area contributed by atoms with Gasteiger partial charge in [0.2, 0.25) is 0 Å². The minimum absolute atomic E-state index is 0.534. The van der Waals surface area contributed by atoms with E-state index in [0.29, 0.717) is 6.04 Å². The predicted octanol–water partition coefficient (Wildman–Crippen LogP) is 3.45. The maximum atomic E-state index is 5.77. The fourth-order valence-electron chi connectivity index (χ4n) is 2.64. The molecule has 2 fully saturated rings. The topological polar surface area (TPSA) is 29.3 Å². The Morgan fingerprint density at radius 2 is 1.56 bits per heavy atom. The lowest BCUT2D eigenvalue weighted by molar-refractivity contribution is 0.193. The van der Waals surface area contributed by atoms with Crippen molar-refractivity contribution in [1.82, 2.24) is 4.90 Å². The van der Waals surface area contributed by atoms with Gasteiger partial charge in [0.05, 0.1) is 0 Å². The quantitative estimate of drug-likeness (QED) is 0.777. The van der Waals surface area contributed by atoms with Crippen LogP contribution >= 0.6 is 0 Å². The van der Waals surface area contributed by atoms with Crippen LogP contribution in [0.15, 0.2) is 24.3 Å². The maximum absolute atomic E-state index is 5.77. The molecule has 0 spiro atoms. The lowest BCUT2D eigenvalue weighted by atomic mass is 10.1. The van der Waals surface area contributed by atoms with Crippen molar-refractivity contribution in [2.75, 3.05) is 18.8 Å². The molecule has 1 aromatic rings. The molecule has 0 aliphatic heterocycles. The van der Waals surface area contributed by atoms with Crippen LogP contribution in [0.4, 0.5) is 5.69 Å². The van der Waals surface area contributed by atoms with Crippen molar-refractivity contribution >= 4 is 5.69 Å². The first kappa shape index (κ1) is 12.0. The number of anilines is 1. The van der Waals surface area contributed by atoms with Crippen molar-refractivity contribution in [2.45, 2.75) is 38.6 Å². The molecule has 2 aliphatic rings. The van der Waals surface area contributed by atoms with Crippen LogP contribution in [-0.2, 0) is 0 Å². The van der Waals surface area contributed by atoms with Gasteiger partial charge in [0.15, 0.2) is 0 Å². The van der Waals surface area contributed by atoms with Gasteiger partial charge >= 0.3 is 0 Å². The van der Waals surface area contributed by atoms with Gasteiger partial charge in [0, 0.05) is 24.8 Å². The Hall–Kier alpha value is -1.02. The summed E-state index contributed by atoms with van der Waals surface area (Å²) in [4.78, 5) is 2.70. The van der Waals surface area contributed by atoms with Gasteiger partial charge in [0.25, 0.3) is 0 Å². The Labute approximate surface area is 110 Å². The van der Waals surface area contributed by atoms with Gasteiger partial charge in [0.1, 0.15) is 0 Å². The first-order valence-electron chi connectivity index (χ1n) is 7.32. The van der Waals surface area contributed by atoms with E-state index >= 15 is 0 Å². The third-order valence-corrected chi connectivity index (χ3v) is 4.35. The number of benzene rings is 1. The second-order valence-corrected chi connectivity index (χ2v) is 6.18. The van der Waals surface area contributed by atoms with Crippen molar-refractivity contribution in [2.24, 2.45) is 11.8 Å². The Kier molecular flexibility index (Phi) is 3.29. The highest BCUT2D eigenvalue weighted by molar-refractivity contribution is 5.40. The molecule has 2 heteroatoms. The molecule has 0 amide bonds. The molecule has 2 aliphatic carbocycles. The third-order valence-electron chi connectivity index (χ3n) is 4.35. The molecular weight excluding hydrogens is 220 g/mol. The first-order valence-corrected chi connectivity index (χ1v) is 7.32. The fourth-order valence-corrected chi connectivity index (χ4v) is 2.64. The van der Waals surface area contributed by atoms with Gasteiger partial charge in [-0.2, -0.15) is 0 Å². The van der Waals surface area contributed by atoms with Crippen LogP contribution in [0.5, 0.6) is 0 Å². The highest BCUT2D eigenvalue weighted by atomic mass is 15.2. The van der Waals surface area contributed by atoms with Gasteiger partial charge in [-0.25, -0.2) is 0 Å². The number of nitrogens with two attached hydrogens (primary N) is 1. The summed E-state index contributed by atoms with van der Waals surface area (Å²) in [7, 11) is 0. The van der Waals surface area contributed by atoms with Crippen molar-refractivity contribution in [3.63, 3.8) is 0 Å². The highest BCUT2D eigenvalue weighted by Crippen LogP contribution is 2.37. The molecule has 0 bridgehead atoms. The summed E-state index contributed by atoms with van der Waals surface area (Å²) in [6.07, 6.45) is 5.76. The fraction of sp³-hybridized carbons (Fsp3) is 0.625. The van der Waals surface area contributed by atoms with Gasteiger partial charge in [-0.05, 0) is 62.1 Å². The second-order valence-electron chi connectivity index (χ2n) is 6.18. The van der Waals surface area contributed by atoms with Crippen molar-refractivity contribution < 1.29 is 0 Å². The number of hydrogen-bond donors (Lipinski definition) is 1. The summed E-state index contributed by atoms with van der Waals surface area (Å²) >= 11 is 0. The van der Waals surface area contributed by atoms with E-state index in [-0.39, 0.29) is 0 Å². The summed E-state index contributed by atoms with van der Waals surface area (Å²) in [5, 5.41) is 0. The summed E-state index contributed by atoms with van der Waals surface area (Å²) in [5.41, 5.74) is 8.04. The van der Waals surface area contributed by atoms with E-state index in [4.69, 9.17) is 5.73 Å². The zero-order valence-corrected chi connectivity index (χ0v) is 11.3. The number of nitrogens with zero attached hydrogens (tertiary/aromatic N) is 1. The smallest absolute Gasteiger partial charge is 0.0320 e. The van der Waals surface area contributed by atoms with Gasteiger partial charge in [-0.3, -0.25) is 4.90 Å². The summed E-state index contributed by atoms with van der Waals surface area (Å²) in [6, 6.07) is 8.96. The molecule has 1 unspecified atom stereocenters. The van der Waals surface area contributed by atoms with E-state index in [2.05, 4.69) is 24.0 Å². The standard InChI is InChI=1S/C16H24N2/c1-12(15-6-8-16(17)9-7-15)18(10-13-2-3-13)11-14-4-5-14/h6-9,12-14H,2-5,10-11,17H2,1H3. The maximum Gasteiger partial charge on any atom is 0.0320 e. The van der Waals surface area contributed by atoms with Crippen molar-refractivity contribution in [1.29, 1.82) is 0 Å². The van der Waals surface area contributed by atoms with Gasteiger partial charge in [-0.15, -0.1) is 0 Å². The molecule has 0 saturated heterocycles. The summed E-state index contributed by atoms with van der Waals surface area (Å²) in [5.74, 6) is 1.94. The highest BCUT2D eigenvalue weighted by Gasteiger charge is 2.31. The Morgan fingerprint density at radius 3 is 2.00 bits per heavy atom. The molecule has 1 atom stereocenters. The predicted molar refractivity (Wildman–Crippen MR) is 76.3 cm³/mol. The largest absolute Gasteiger partial charge is 0.399 e. The van der Waals surface area contributed by atoms with Crippen LogP contribution in [0.2, 0.25) is 0 Å². The summed E-state index contributed by atoms with van der Waals surface area (Å²) < 4.78 is 0. The van der Waals surface area contributed by atoms with Crippen molar-refractivity contribution in [3.8, 4) is 0 Å². The van der Waals surface area contributed by atoms with E-state index in [0.717, 1.165) is 17.5 Å². The van der Waals surface area contributed by atoms with Crippen LogP contribution in [0.3, 0.4) is 0 Å². The minimum atomic E-state index is 0.534. The van der Waals surface area contributed by atoms with E-state index in [9.17, 15) is 0 Å². The number of nitrogen functional groups attached to an aromatic ring is 1. The average molecular weight is 244 g/mol. The molecular formula is C16H24N2. The third kappa shape index (κ3) is 3.05. The SMILES string of the molecule is CC(c1ccc(N)cc1)N(CC1CC1)CC1CC1. The molecule has 0 radical (unpaired) electrons. The van der Waals surface area contributed by atoms with Crippen LogP contribution in [0, 0.1) is 11.8 Å². The van der Waals surface area contributed by atoms with Gasteiger partial charge < -0.3 is 5.73 Å². The monoisotopic (exact) mass is 244 g/mol. The van der Waals surface area contributed by atoms with E-state index in [1.165, 1.54) is 44.3 Å². The normalized spacial score (nSPS) is 21.2. The van der Waals surface area contributed by atoms with E-state index in [1.807, 2.05) is 12.1 Å². The molecule has 1 aromatic carbocycles. The lowest BCUT2D eigenvalue weighted by Crippen LogP contribution is -2.31. The lowest BCUT2D eigenvalue weighted by Gasteiger charge is -2.29. The van der Waals surface area contributed by atoms with Crippen molar-refractivity contribution in [3.05, 3.63) is 29.8 Å². The summed E-state index contributed by atoms with van der Waals surface area (Å²) in [6.45, 7) is 4.93. The van der Waals surface area contributed by atoms with Gasteiger partial charge in [-0.1, -0.05) is 12.1 Å².